The lowest BCUT2D eigenvalue weighted by Gasteiger charge is -2.29. The van der Waals surface area contributed by atoms with E-state index in [1.807, 2.05) is 0 Å². The summed E-state index contributed by atoms with van der Waals surface area (Å²) >= 11 is 0. The number of hydroxylamine groups is 2. The summed E-state index contributed by atoms with van der Waals surface area (Å²) in [5.74, 6) is -2.23. The van der Waals surface area contributed by atoms with Crippen LogP contribution < -0.4 is 10.6 Å². The Morgan fingerprint density at radius 3 is 2.85 bits per heavy atom. The second kappa shape index (κ2) is 7.51. The molecule has 0 aromatic rings. The quantitative estimate of drug-likeness (QED) is 0.509. The maximum absolute atomic E-state index is 13.3. The van der Waals surface area contributed by atoms with Crippen molar-refractivity contribution >= 4 is 23.8 Å². The first-order chi connectivity index (χ1) is 12.8. The Kier molecular flexibility index (Phi) is 5.31. The standard InChI is InChI=1S/C16H21FN4O6/c1-8-6-10-7-20(16(26)21(10)27-13(17)15(24)25)12(8)14(23)18-5-4-9-2-3-11(22)19-9/h6,9-10,12-13H,2-5,7H2,1H3,(H,18,23)(H,19,22)(H,24,25)/t9-,10-,12-,13+/m0/s1. The van der Waals surface area contributed by atoms with E-state index in [0.29, 0.717) is 30.0 Å². The first-order valence-electron chi connectivity index (χ1n) is 8.66. The van der Waals surface area contributed by atoms with Crippen LogP contribution in [0, 0.1) is 0 Å². The minimum absolute atomic E-state index is 0.00119. The van der Waals surface area contributed by atoms with Gasteiger partial charge in [-0.15, -0.1) is 0 Å². The third-order valence-corrected chi connectivity index (χ3v) is 4.84. The van der Waals surface area contributed by atoms with Crippen LogP contribution in [-0.4, -0.2) is 76.5 Å². The summed E-state index contributed by atoms with van der Waals surface area (Å²) in [6, 6.07) is -2.27. The Labute approximate surface area is 154 Å². The molecule has 3 N–H and O–H groups in total. The predicted octanol–water partition coefficient (Wildman–Crippen LogP) is -0.482. The van der Waals surface area contributed by atoms with Crippen LogP contribution in [-0.2, 0) is 19.2 Å². The molecule has 11 heteroatoms. The molecule has 3 aliphatic heterocycles. The van der Waals surface area contributed by atoms with Crippen LogP contribution in [0.2, 0.25) is 0 Å². The van der Waals surface area contributed by atoms with Gasteiger partial charge in [0.1, 0.15) is 6.04 Å². The monoisotopic (exact) mass is 384 g/mol. The van der Waals surface area contributed by atoms with E-state index in [0.717, 1.165) is 6.42 Å². The molecule has 3 heterocycles. The molecular formula is C16H21FN4O6. The number of amides is 4. The van der Waals surface area contributed by atoms with Gasteiger partial charge in [-0.3, -0.25) is 9.59 Å². The molecule has 2 saturated heterocycles. The van der Waals surface area contributed by atoms with Crippen LogP contribution >= 0.6 is 0 Å². The van der Waals surface area contributed by atoms with E-state index in [-0.39, 0.29) is 18.5 Å². The van der Waals surface area contributed by atoms with Crippen LogP contribution in [0.25, 0.3) is 0 Å². The highest BCUT2D eigenvalue weighted by Crippen LogP contribution is 2.30. The second-order valence-electron chi connectivity index (χ2n) is 6.78. The van der Waals surface area contributed by atoms with Crippen LogP contribution in [0.15, 0.2) is 11.6 Å². The summed E-state index contributed by atoms with van der Waals surface area (Å²) in [5, 5.41) is 14.8. The van der Waals surface area contributed by atoms with Gasteiger partial charge in [0.25, 0.3) is 0 Å². The number of aliphatic carboxylic acids is 1. The lowest BCUT2D eigenvalue weighted by Crippen LogP contribution is -2.50. The Bertz CT molecular complexity index is 698. The number of hydrogen-bond acceptors (Lipinski definition) is 5. The third kappa shape index (κ3) is 3.87. The minimum Gasteiger partial charge on any atom is -0.477 e. The molecule has 0 aromatic heterocycles. The molecule has 0 unspecified atom stereocenters. The highest BCUT2D eigenvalue weighted by molar-refractivity contribution is 5.91. The average molecular weight is 384 g/mol. The number of urea groups is 1. The maximum atomic E-state index is 13.3. The third-order valence-electron chi connectivity index (χ3n) is 4.84. The average Bonchev–Trinajstić information content (AvgIpc) is 3.11. The first kappa shape index (κ1) is 19.1. The molecule has 0 spiro atoms. The summed E-state index contributed by atoms with van der Waals surface area (Å²) in [6.07, 6.45) is 0.716. The van der Waals surface area contributed by atoms with Gasteiger partial charge in [0.05, 0.1) is 12.6 Å². The number of carbonyl (C=O) groups is 4. The molecule has 4 atom stereocenters. The van der Waals surface area contributed by atoms with Crippen LogP contribution in [0.3, 0.4) is 0 Å². The van der Waals surface area contributed by atoms with Crippen molar-refractivity contribution in [1.82, 2.24) is 20.6 Å². The summed E-state index contributed by atoms with van der Waals surface area (Å²) in [6.45, 7) is 2.10. The second-order valence-corrected chi connectivity index (χ2v) is 6.78. The molecule has 3 aliphatic rings. The van der Waals surface area contributed by atoms with Crippen molar-refractivity contribution in [3.63, 3.8) is 0 Å². The van der Waals surface area contributed by atoms with Crippen molar-refractivity contribution in [2.24, 2.45) is 0 Å². The molecule has 2 bridgehead atoms. The van der Waals surface area contributed by atoms with Gasteiger partial charge in [0, 0.05) is 19.0 Å². The van der Waals surface area contributed by atoms with Gasteiger partial charge in [-0.1, -0.05) is 6.08 Å². The molecule has 0 radical (unpaired) electrons. The van der Waals surface area contributed by atoms with E-state index in [2.05, 4.69) is 15.5 Å². The largest absolute Gasteiger partial charge is 0.477 e. The number of carboxylic acids is 1. The van der Waals surface area contributed by atoms with E-state index in [4.69, 9.17) is 5.11 Å². The number of halogens is 1. The number of carbonyl (C=O) groups excluding carboxylic acids is 3. The molecule has 10 nitrogen and oxygen atoms in total. The van der Waals surface area contributed by atoms with Crippen LogP contribution in [0.1, 0.15) is 26.2 Å². The van der Waals surface area contributed by atoms with E-state index in [1.54, 1.807) is 13.0 Å². The zero-order chi connectivity index (χ0) is 19.7. The summed E-state index contributed by atoms with van der Waals surface area (Å²) in [4.78, 5) is 52.6. The molecular weight excluding hydrogens is 363 g/mol. The van der Waals surface area contributed by atoms with Crippen molar-refractivity contribution < 1.29 is 33.5 Å². The lowest BCUT2D eigenvalue weighted by molar-refractivity contribution is -0.219. The topological polar surface area (TPSA) is 128 Å². The van der Waals surface area contributed by atoms with Crippen molar-refractivity contribution in [3.05, 3.63) is 11.6 Å². The van der Waals surface area contributed by atoms with Crippen molar-refractivity contribution in [2.45, 2.75) is 50.7 Å². The molecule has 4 amide bonds. The fourth-order valence-corrected chi connectivity index (χ4v) is 3.58. The fraction of sp³-hybridized carbons (Fsp3) is 0.625. The number of carboxylic acid groups (broad SMARTS) is 1. The lowest BCUT2D eigenvalue weighted by atomic mass is 10.00. The van der Waals surface area contributed by atoms with E-state index in [1.165, 1.54) is 4.90 Å². The van der Waals surface area contributed by atoms with Gasteiger partial charge in [-0.25, -0.2) is 18.8 Å². The zero-order valence-corrected chi connectivity index (χ0v) is 14.7. The maximum Gasteiger partial charge on any atom is 0.368 e. The van der Waals surface area contributed by atoms with Crippen molar-refractivity contribution in [3.8, 4) is 0 Å². The number of hydrogen-bond donors (Lipinski definition) is 3. The molecule has 148 valence electrons. The fourth-order valence-electron chi connectivity index (χ4n) is 3.58. The minimum atomic E-state index is -2.67. The molecule has 0 aliphatic carbocycles. The molecule has 3 rings (SSSR count). The van der Waals surface area contributed by atoms with Crippen molar-refractivity contribution in [1.29, 1.82) is 0 Å². The van der Waals surface area contributed by atoms with Crippen molar-refractivity contribution in [2.75, 3.05) is 13.1 Å². The number of nitrogens with one attached hydrogen (secondary N) is 2. The molecule has 27 heavy (non-hydrogen) atoms. The Morgan fingerprint density at radius 1 is 1.48 bits per heavy atom. The number of rotatable bonds is 7. The Morgan fingerprint density at radius 2 is 2.22 bits per heavy atom. The Hall–Kier alpha value is -2.69. The SMILES string of the molecule is CC1=C[C@H]2CN(C(=O)N2O[C@@H](F)C(=O)O)[C@@H]1C(=O)NCC[C@@H]1CCC(=O)N1. The van der Waals surface area contributed by atoms with Gasteiger partial charge in [-0.2, -0.15) is 5.06 Å². The van der Waals surface area contributed by atoms with Gasteiger partial charge >= 0.3 is 18.4 Å². The smallest absolute Gasteiger partial charge is 0.368 e. The van der Waals surface area contributed by atoms with E-state index < -0.39 is 36.3 Å². The first-order valence-corrected chi connectivity index (χ1v) is 8.66. The highest BCUT2D eigenvalue weighted by atomic mass is 19.1. The van der Waals surface area contributed by atoms with Crippen LogP contribution in [0.5, 0.6) is 0 Å². The van der Waals surface area contributed by atoms with Gasteiger partial charge in [0.15, 0.2) is 0 Å². The number of nitrogens with zero attached hydrogens (tertiary/aromatic N) is 2. The van der Waals surface area contributed by atoms with Crippen LogP contribution in [0.4, 0.5) is 9.18 Å². The zero-order valence-electron chi connectivity index (χ0n) is 14.7. The molecule has 0 aromatic carbocycles. The number of alkyl halides is 1. The Balaban J connectivity index is 1.59. The van der Waals surface area contributed by atoms with Gasteiger partial charge < -0.3 is 20.6 Å². The normalized spacial score (nSPS) is 28.1. The van der Waals surface area contributed by atoms with E-state index >= 15 is 0 Å². The molecule has 2 fully saturated rings. The highest BCUT2D eigenvalue weighted by Gasteiger charge is 2.48. The van der Waals surface area contributed by atoms with Gasteiger partial charge in [-0.05, 0) is 25.3 Å². The van der Waals surface area contributed by atoms with E-state index in [9.17, 15) is 23.6 Å². The summed E-state index contributed by atoms with van der Waals surface area (Å²) < 4.78 is 13.3. The van der Waals surface area contributed by atoms with Gasteiger partial charge in [0.2, 0.25) is 11.8 Å². The summed E-state index contributed by atoms with van der Waals surface area (Å²) in [5.41, 5.74) is 0.586. The molecule has 0 saturated carbocycles. The summed E-state index contributed by atoms with van der Waals surface area (Å²) in [7, 11) is 0. The predicted molar refractivity (Wildman–Crippen MR) is 87.7 cm³/mol. The number of fused-ring (bicyclic) bond motifs is 2.